The van der Waals surface area contributed by atoms with Gasteiger partial charge in [0.1, 0.15) is 0 Å². The van der Waals surface area contributed by atoms with Crippen molar-refractivity contribution in [2.24, 2.45) is 5.92 Å². The molecule has 1 aliphatic heterocycles. The molecular formula is C20H25N3O2. The highest BCUT2D eigenvalue weighted by Gasteiger charge is 2.22. The first-order valence-corrected chi connectivity index (χ1v) is 8.79. The maximum Gasteiger partial charge on any atom is 0.252 e. The molecule has 5 nitrogen and oxygen atoms in total. The zero-order valence-electron chi connectivity index (χ0n) is 14.6. The second-order valence-electron chi connectivity index (χ2n) is 6.49. The third-order valence-corrected chi connectivity index (χ3v) is 4.69. The maximum absolute atomic E-state index is 12.2. The van der Waals surface area contributed by atoms with Gasteiger partial charge in [0.25, 0.3) is 5.91 Å². The highest BCUT2D eigenvalue weighted by atomic mass is 16.5. The Morgan fingerprint density at radius 1 is 1.28 bits per heavy atom. The van der Waals surface area contributed by atoms with E-state index in [9.17, 15) is 4.79 Å². The van der Waals surface area contributed by atoms with Crippen LogP contribution in [0.3, 0.4) is 0 Å². The summed E-state index contributed by atoms with van der Waals surface area (Å²) in [6.07, 6.45) is 3.77. The summed E-state index contributed by atoms with van der Waals surface area (Å²) in [6.45, 7) is 3.95. The van der Waals surface area contributed by atoms with Gasteiger partial charge >= 0.3 is 0 Å². The maximum atomic E-state index is 12.2. The zero-order chi connectivity index (χ0) is 17.5. The summed E-state index contributed by atoms with van der Waals surface area (Å²) in [7, 11) is 1.56. The molecule has 1 atom stereocenters. The summed E-state index contributed by atoms with van der Waals surface area (Å²) in [5.41, 5.74) is 1.95. The molecule has 1 aromatic carbocycles. The first-order chi connectivity index (χ1) is 12.2. The van der Waals surface area contributed by atoms with Gasteiger partial charge in [0.15, 0.2) is 0 Å². The highest BCUT2D eigenvalue weighted by molar-refractivity contribution is 5.93. The molecule has 5 heteroatoms. The quantitative estimate of drug-likeness (QED) is 0.841. The smallest absolute Gasteiger partial charge is 0.252 e. The molecule has 0 spiro atoms. The Balaban J connectivity index is 1.39. The molecule has 0 radical (unpaired) electrons. The van der Waals surface area contributed by atoms with Crippen molar-refractivity contribution in [1.82, 2.24) is 15.2 Å². The van der Waals surface area contributed by atoms with Gasteiger partial charge in [0, 0.05) is 31.9 Å². The summed E-state index contributed by atoms with van der Waals surface area (Å²) in [6, 6.07) is 14.0. The van der Waals surface area contributed by atoms with Crippen LogP contribution in [0.15, 0.2) is 48.7 Å². The first-order valence-electron chi connectivity index (χ1n) is 8.79. The molecule has 0 aliphatic carbocycles. The number of hydrogen-bond acceptors (Lipinski definition) is 4. The van der Waals surface area contributed by atoms with Crippen molar-refractivity contribution in [1.29, 1.82) is 0 Å². The predicted octanol–water partition coefficient (Wildman–Crippen LogP) is 2.38. The lowest BCUT2D eigenvalue weighted by molar-refractivity contribution is 0.0947. The van der Waals surface area contributed by atoms with E-state index in [1.54, 1.807) is 25.4 Å². The SMILES string of the molecule is COc1ccc(C(=O)NC[C@@H]2CCN(CCc3ccccc3)C2)cn1. The van der Waals surface area contributed by atoms with E-state index in [1.165, 1.54) is 5.56 Å². The normalized spacial score (nSPS) is 17.4. The molecule has 1 aromatic heterocycles. The predicted molar refractivity (Wildman–Crippen MR) is 97.8 cm³/mol. The van der Waals surface area contributed by atoms with Crippen molar-refractivity contribution in [3.05, 3.63) is 59.8 Å². The minimum absolute atomic E-state index is 0.0714. The van der Waals surface area contributed by atoms with Crippen molar-refractivity contribution in [2.75, 3.05) is 33.3 Å². The van der Waals surface area contributed by atoms with Crippen LogP contribution in [0.5, 0.6) is 5.88 Å². The molecule has 132 valence electrons. The van der Waals surface area contributed by atoms with Crippen LogP contribution in [0.2, 0.25) is 0 Å². The van der Waals surface area contributed by atoms with Gasteiger partial charge in [0.2, 0.25) is 5.88 Å². The summed E-state index contributed by atoms with van der Waals surface area (Å²) in [5, 5.41) is 3.03. The Bertz CT molecular complexity index is 673. The van der Waals surface area contributed by atoms with E-state index in [4.69, 9.17) is 4.74 Å². The van der Waals surface area contributed by atoms with E-state index in [1.807, 2.05) is 0 Å². The lowest BCUT2D eigenvalue weighted by atomic mass is 10.1. The fourth-order valence-corrected chi connectivity index (χ4v) is 3.19. The summed E-state index contributed by atoms with van der Waals surface area (Å²) in [5.74, 6) is 0.963. The number of nitrogens with one attached hydrogen (secondary N) is 1. The molecule has 0 unspecified atom stereocenters. The number of hydrogen-bond donors (Lipinski definition) is 1. The molecule has 25 heavy (non-hydrogen) atoms. The van der Waals surface area contributed by atoms with E-state index >= 15 is 0 Å². The van der Waals surface area contributed by atoms with Crippen LogP contribution in [0.4, 0.5) is 0 Å². The van der Waals surface area contributed by atoms with E-state index in [0.29, 0.717) is 23.9 Å². The Hall–Kier alpha value is -2.40. The minimum Gasteiger partial charge on any atom is -0.481 e. The number of likely N-dealkylation sites (tertiary alicyclic amines) is 1. The molecule has 1 saturated heterocycles. The number of carbonyl (C=O) groups excluding carboxylic acids is 1. The minimum atomic E-state index is -0.0714. The number of aromatic nitrogens is 1. The van der Waals surface area contributed by atoms with Crippen molar-refractivity contribution in [2.45, 2.75) is 12.8 Å². The number of amides is 1. The summed E-state index contributed by atoms with van der Waals surface area (Å²) in [4.78, 5) is 18.7. The lowest BCUT2D eigenvalue weighted by Crippen LogP contribution is -2.31. The van der Waals surface area contributed by atoms with Crippen LogP contribution in [-0.4, -0.2) is 49.1 Å². The van der Waals surface area contributed by atoms with Gasteiger partial charge in [-0.3, -0.25) is 4.79 Å². The summed E-state index contributed by atoms with van der Waals surface area (Å²) >= 11 is 0. The second-order valence-corrected chi connectivity index (χ2v) is 6.49. The standard InChI is InChI=1S/C20H25N3O2/c1-25-19-8-7-18(14-21-19)20(24)22-13-17-10-12-23(15-17)11-9-16-5-3-2-4-6-16/h2-8,14,17H,9-13,15H2,1H3,(H,22,24)/t17-/m0/s1. The van der Waals surface area contributed by atoms with E-state index in [0.717, 1.165) is 32.5 Å². The number of ether oxygens (including phenoxy) is 1. The fraction of sp³-hybridized carbons (Fsp3) is 0.400. The molecule has 0 bridgehead atoms. The van der Waals surface area contributed by atoms with Gasteiger partial charge in [-0.05, 0) is 36.9 Å². The topological polar surface area (TPSA) is 54.5 Å². The van der Waals surface area contributed by atoms with Crippen molar-refractivity contribution < 1.29 is 9.53 Å². The molecule has 1 fully saturated rings. The van der Waals surface area contributed by atoms with Gasteiger partial charge in [0.05, 0.1) is 12.7 Å². The number of nitrogens with zero attached hydrogens (tertiary/aromatic N) is 2. The number of rotatable bonds is 7. The fourth-order valence-electron chi connectivity index (χ4n) is 3.19. The Kier molecular flexibility index (Phi) is 6.01. The van der Waals surface area contributed by atoms with E-state index in [2.05, 4.69) is 45.5 Å². The average molecular weight is 339 g/mol. The lowest BCUT2D eigenvalue weighted by Gasteiger charge is -2.16. The highest BCUT2D eigenvalue weighted by Crippen LogP contribution is 2.16. The van der Waals surface area contributed by atoms with Crippen LogP contribution in [0, 0.1) is 5.92 Å². The van der Waals surface area contributed by atoms with Crippen molar-refractivity contribution >= 4 is 5.91 Å². The molecule has 1 N–H and O–H groups in total. The van der Waals surface area contributed by atoms with Crippen molar-refractivity contribution in [3.8, 4) is 5.88 Å². The van der Waals surface area contributed by atoms with Gasteiger partial charge in [-0.1, -0.05) is 30.3 Å². The van der Waals surface area contributed by atoms with Gasteiger partial charge in [-0.2, -0.15) is 0 Å². The van der Waals surface area contributed by atoms with E-state index in [-0.39, 0.29) is 5.91 Å². The van der Waals surface area contributed by atoms with Crippen LogP contribution in [-0.2, 0) is 6.42 Å². The largest absolute Gasteiger partial charge is 0.481 e. The molecule has 2 aromatic rings. The zero-order valence-corrected chi connectivity index (χ0v) is 14.6. The second kappa shape index (κ2) is 8.62. The number of pyridine rings is 1. The van der Waals surface area contributed by atoms with Crippen LogP contribution < -0.4 is 10.1 Å². The Morgan fingerprint density at radius 3 is 2.84 bits per heavy atom. The number of benzene rings is 1. The Morgan fingerprint density at radius 2 is 2.12 bits per heavy atom. The van der Waals surface area contributed by atoms with Gasteiger partial charge in [-0.15, -0.1) is 0 Å². The van der Waals surface area contributed by atoms with Crippen LogP contribution in [0.1, 0.15) is 22.3 Å². The van der Waals surface area contributed by atoms with Gasteiger partial charge in [-0.25, -0.2) is 4.98 Å². The average Bonchev–Trinajstić information content (AvgIpc) is 3.13. The monoisotopic (exact) mass is 339 g/mol. The summed E-state index contributed by atoms with van der Waals surface area (Å²) < 4.78 is 5.01. The molecule has 0 saturated carbocycles. The number of carbonyl (C=O) groups is 1. The third kappa shape index (κ3) is 5.03. The first kappa shape index (κ1) is 17.4. The number of methoxy groups -OCH3 is 1. The van der Waals surface area contributed by atoms with E-state index < -0.39 is 0 Å². The molecule has 2 heterocycles. The van der Waals surface area contributed by atoms with Crippen molar-refractivity contribution in [3.63, 3.8) is 0 Å². The molecule has 3 rings (SSSR count). The van der Waals surface area contributed by atoms with Crippen LogP contribution in [0.25, 0.3) is 0 Å². The molecule has 1 amide bonds. The van der Waals surface area contributed by atoms with Gasteiger partial charge < -0.3 is 15.0 Å². The van der Waals surface area contributed by atoms with Crippen LogP contribution >= 0.6 is 0 Å². The third-order valence-electron chi connectivity index (χ3n) is 4.69. The Labute approximate surface area is 149 Å². The molecular weight excluding hydrogens is 314 g/mol. The molecule has 1 aliphatic rings.